The molecule has 8 heteroatoms. The standard InChI is InChI=1S/C28H25N3O5/c1-3-35-28(33)25-26(36-17-19-6-11-22(34-2)12-7-19)23-13-8-20(15-29)14-24(23)31(25)16-18-4-9-21(10-5-18)27(30)32/h4-14H,3,16-17H2,1-2H3,(H2,30,32). The third kappa shape index (κ3) is 5.00. The fourth-order valence-electron chi connectivity index (χ4n) is 3.93. The fourth-order valence-corrected chi connectivity index (χ4v) is 3.93. The molecule has 3 aromatic carbocycles. The van der Waals surface area contributed by atoms with Gasteiger partial charge in [0.25, 0.3) is 0 Å². The number of esters is 1. The van der Waals surface area contributed by atoms with Crippen LogP contribution in [0.25, 0.3) is 10.9 Å². The maximum Gasteiger partial charge on any atom is 0.358 e. The Balaban J connectivity index is 1.81. The van der Waals surface area contributed by atoms with E-state index < -0.39 is 11.9 Å². The van der Waals surface area contributed by atoms with Gasteiger partial charge in [0.1, 0.15) is 12.4 Å². The molecule has 0 spiro atoms. The lowest BCUT2D eigenvalue weighted by molar-refractivity contribution is 0.0509. The first-order chi connectivity index (χ1) is 17.4. The van der Waals surface area contributed by atoms with Gasteiger partial charge in [-0.3, -0.25) is 4.79 Å². The van der Waals surface area contributed by atoms with Gasteiger partial charge < -0.3 is 24.5 Å². The van der Waals surface area contributed by atoms with Crippen molar-refractivity contribution >= 4 is 22.8 Å². The maximum atomic E-state index is 13.2. The average molecular weight is 484 g/mol. The van der Waals surface area contributed by atoms with Gasteiger partial charge in [-0.15, -0.1) is 0 Å². The van der Waals surface area contributed by atoms with E-state index in [0.29, 0.717) is 27.8 Å². The number of nitrogens with two attached hydrogens (primary N) is 1. The first-order valence-corrected chi connectivity index (χ1v) is 11.3. The van der Waals surface area contributed by atoms with Gasteiger partial charge in [0, 0.05) is 17.5 Å². The highest BCUT2D eigenvalue weighted by Crippen LogP contribution is 2.36. The number of rotatable bonds is 9. The molecule has 0 saturated heterocycles. The predicted octanol–water partition coefficient (Wildman–Crippen LogP) is 4.42. The molecule has 1 amide bonds. The van der Waals surface area contributed by atoms with Crippen LogP contribution in [0.2, 0.25) is 0 Å². The molecule has 0 saturated carbocycles. The molecular formula is C28H25N3O5. The molecule has 36 heavy (non-hydrogen) atoms. The molecule has 4 aromatic rings. The highest BCUT2D eigenvalue weighted by Gasteiger charge is 2.26. The number of aromatic nitrogens is 1. The van der Waals surface area contributed by atoms with Crippen LogP contribution in [-0.2, 0) is 17.9 Å². The average Bonchev–Trinajstić information content (AvgIpc) is 3.20. The highest BCUT2D eigenvalue weighted by atomic mass is 16.5. The maximum absolute atomic E-state index is 13.2. The van der Waals surface area contributed by atoms with Crippen LogP contribution in [0.5, 0.6) is 11.5 Å². The van der Waals surface area contributed by atoms with Crippen molar-refractivity contribution in [3.63, 3.8) is 0 Å². The number of nitrogens with zero attached hydrogens (tertiary/aromatic N) is 2. The van der Waals surface area contributed by atoms with Crippen molar-refractivity contribution in [1.82, 2.24) is 4.57 Å². The molecular weight excluding hydrogens is 458 g/mol. The SMILES string of the molecule is CCOC(=O)c1c(OCc2ccc(OC)cc2)c2ccc(C#N)cc2n1Cc1ccc(C(N)=O)cc1. The number of methoxy groups -OCH3 is 1. The predicted molar refractivity (Wildman–Crippen MR) is 134 cm³/mol. The summed E-state index contributed by atoms with van der Waals surface area (Å²) in [6, 6.07) is 21.6. The van der Waals surface area contributed by atoms with Crippen LogP contribution in [0.3, 0.4) is 0 Å². The number of ether oxygens (including phenoxy) is 3. The second-order valence-electron chi connectivity index (χ2n) is 8.03. The zero-order valence-corrected chi connectivity index (χ0v) is 20.0. The number of carbonyl (C=O) groups is 2. The van der Waals surface area contributed by atoms with Crippen molar-refractivity contribution < 1.29 is 23.8 Å². The summed E-state index contributed by atoms with van der Waals surface area (Å²) in [5.41, 5.74) is 8.81. The Labute approximate surface area is 208 Å². The Morgan fingerprint density at radius 1 is 1.00 bits per heavy atom. The Bertz CT molecular complexity index is 1450. The van der Waals surface area contributed by atoms with Gasteiger partial charge in [-0.05, 0) is 60.5 Å². The Kier molecular flexibility index (Phi) is 7.21. The second-order valence-corrected chi connectivity index (χ2v) is 8.03. The zero-order valence-electron chi connectivity index (χ0n) is 20.0. The minimum Gasteiger partial charge on any atom is -0.497 e. The van der Waals surface area contributed by atoms with Crippen molar-refractivity contribution in [2.24, 2.45) is 5.73 Å². The van der Waals surface area contributed by atoms with Crippen LogP contribution in [0.1, 0.15) is 44.5 Å². The molecule has 0 unspecified atom stereocenters. The number of fused-ring (bicyclic) bond motifs is 1. The molecule has 0 aliphatic rings. The second kappa shape index (κ2) is 10.7. The van der Waals surface area contributed by atoms with Gasteiger partial charge >= 0.3 is 5.97 Å². The number of nitriles is 1. The molecule has 2 N–H and O–H groups in total. The molecule has 1 heterocycles. The first kappa shape index (κ1) is 24.4. The molecule has 8 nitrogen and oxygen atoms in total. The van der Waals surface area contributed by atoms with E-state index >= 15 is 0 Å². The van der Waals surface area contributed by atoms with E-state index in [-0.39, 0.29) is 25.5 Å². The number of primary amides is 1. The van der Waals surface area contributed by atoms with Crippen LogP contribution < -0.4 is 15.2 Å². The van der Waals surface area contributed by atoms with Gasteiger partial charge in [-0.1, -0.05) is 24.3 Å². The molecule has 0 fully saturated rings. The quantitative estimate of drug-likeness (QED) is 0.352. The lowest BCUT2D eigenvalue weighted by Gasteiger charge is -2.13. The van der Waals surface area contributed by atoms with Crippen molar-refractivity contribution in [2.75, 3.05) is 13.7 Å². The van der Waals surface area contributed by atoms with E-state index in [2.05, 4.69) is 6.07 Å². The molecule has 0 aliphatic carbocycles. The summed E-state index contributed by atoms with van der Waals surface area (Å²) in [5.74, 6) is 0.0465. The van der Waals surface area contributed by atoms with Gasteiger partial charge in [0.15, 0.2) is 11.4 Å². The van der Waals surface area contributed by atoms with Crippen molar-refractivity contribution in [3.05, 3.63) is 94.7 Å². The van der Waals surface area contributed by atoms with Crippen molar-refractivity contribution in [1.29, 1.82) is 5.26 Å². The number of hydrogen-bond acceptors (Lipinski definition) is 6. The summed E-state index contributed by atoms with van der Waals surface area (Å²) >= 11 is 0. The summed E-state index contributed by atoms with van der Waals surface area (Å²) in [6.45, 7) is 2.42. The first-order valence-electron chi connectivity index (χ1n) is 11.3. The minimum atomic E-state index is -0.536. The van der Waals surface area contributed by atoms with E-state index in [0.717, 1.165) is 16.9 Å². The normalized spacial score (nSPS) is 10.6. The Morgan fingerprint density at radius 2 is 1.69 bits per heavy atom. The summed E-state index contributed by atoms with van der Waals surface area (Å²) < 4.78 is 18.6. The van der Waals surface area contributed by atoms with E-state index in [1.165, 1.54) is 0 Å². The van der Waals surface area contributed by atoms with E-state index in [4.69, 9.17) is 19.9 Å². The van der Waals surface area contributed by atoms with Gasteiger partial charge in [-0.2, -0.15) is 5.26 Å². The molecule has 1 aromatic heterocycles. The highest BCUT2D eigenvalue weighted by molar-refractivity contribution is 6.02. The molecule has 0 atom stereocenters. The molecule has 0 aliphatic heterocycles. The topological polar surface area (TPSA) is 117 Å². The van der Waals surface area contributed by atoms with Crippen LogP contribution in [0.4, 0.5) is 0 Å². The Hall–Kier alpha value is -4.77. The fraction of sp³-hybridized carbons (Fsp3) is 0.179. The number of hydrogen-bond donors (Lipinski definition) is 1. The molecule has 0 radical (unpaired) electrons. The smallest absolute Gasteiger partial charge is 0.358 e. The third-order valence-corrected chi connectivity index (χ3v) is 5.74. The lowest BCUT2D eigenvalue weighted by Crippen LogP contribution is -2.15. The summed E-state index contributed by atoms with van der Waals surface area (Å²) in [5, 5.41) is 10.2. The largest absolute Gasteiger partial charge is 0.497 e. The summed E-state index contributed by atoms with van der Waals surface area (Å²) in [6.07, 6.45) is 0. The van der Waals surface area contributed by atoms with Crippen LogP contribution in [0.15, 0.2) is 66.7 Å². The summed E-state index contributed by atoms with van der Waals surface area (Å²) in [4.78, 5) is 24.6. The molecule has 182 valence electrons. The van der Waals surface area contributed by atoms with E-state index in [9.17, 15) is 14.9 Å². The number of benzene rings is 3. The number of amides is 1. The summed E-state index contributed by atoms with van der Waals surface area (Å²) in [7, 11) is 1.60. The minimum absolute atomic E-state index is 0.190. The van der Waals surface area contributed by atoms with Crippen LogP contribution in [0, 0.1) is 11.3 Å². The van der Waals surface area contributed by atoms with E-state index in [1.807, 2.05) is 24.3 Å². The zero-order chi connectivity index (χ0) is 25.7. The Morgan fingerprint density at radius 3 is 2.31 bits per heavy atom. The lowest BCUT2D eigenvalue weighted by atomic mass is 10.1. The van der Waals surface area contributed by atoms with Crippen molar-refractivity contribution in [2.45, 2.75) is 20.1 Å². The van der Waals surface area contributed by atoms with Crippen LogP contribution in [-0.4, -0.2) is 30.2 Å². The van der Waals surface area contributed by atoms with Gasteiger partial charge in [0.05, 0.1) is 30.9 Å². The third-order valence-electron chi connectivity index (χ3n) is 5.74. The van der Waals surface area contributed by atoms with Crippen LogP contribution >= 0.6 is 0 Å². The number of carbonyl (C=O) groups excluding carboxylic acids is 2. The molecule has 4 rings (SSSR count). The molecule has 0 bridgehead atoms. The van der Waals surface area contributed by atoms with Crippen molar-refractivity contribution in [3.8, 4) is 17.6 Å². The van der Waals surface area contributed by atoms with E-state index in [1.54, 1.807) is 61.1 Å². The monoisotopic (exact) mass is 483 g/mol. The van der Waals surface area contributed by atoms with Gasteiger partial charge in [0.2, 0.25) is 5.91 Å². The van der Waals surface area contributed by atoms with Gasteiger partial charge in [-0.25, -0.2) is 4.79 Å².